The zero-order chi connectivity index (χ0) is 18.9. The molecule has 4 rings (SSSR count). The summed E-state index contributed by atoms with van der Waals surface area (Å²) in [5, 5.41) is 4.44. The number of hydrogen-bond acceptors (Lipinski definition) is 3. The van der Waals surface area contributed by atoms with Gasteiger partial charge >= 0.3 is 0 Å². The second-order valence-electron chi connectivity index (χ2n) is 8.45. The van der Waals surface area contributed by atoms with Gasteiger partial charge in [-0.3, -0.25) is 4.99 Å². The molecule has 2 heterocycles. The summed E-state index contributed by atoms with van der Waals surface area (Å²) in [5.74, 6) is 1.02. The van der Waals surface area contributed by atoms with Gasteiger partial charge in [0.15, 0.2) is 5.96 Å². The van der Waals surface area contributed by atoms with E-state index in [2.05, 4.69) is 44.2 Å². The Balaban J connectivity index is 1.44. The molecule has 1 aliphatic carbocycles. The van der Waals surface area contributed by atoms with Crippen molar-refractivity contribution >= 4 is 23.2 Å². The van der Waals surface area contributed by atoms with Crippen LogP contribution < -0.4 is 10.2 Å². The monoisotopic (exact) mass is 389 g/mol. The van der Waals surface area contributed by atoms with E-state index in [-0.39, 0.29) is 0 Å². The summed E-state index contributed by atoms with van der Waals surface area (Å²) in [6, 6.07) is 6.27. The Bertz CT molecular complexity index is 692. The van der Waals surface area contributed by atoms with Crippen molar-refractivity contribution in [1.29, 1.82) is 0 Å². The predicted molar refractivity (Wildman–Crippen MR) is 114 cm³/mol. The van der Waals surface area contributed by atoms with Crippen LogP contribution in [0.15, 0.2) is 23.2 Å². The first-order valence-corrected chi connectivity index (χ1v) is 10.6. The molecule has 3 aliphatic rings. The topological polar surface area (TPSA) is 34.1 Å². The molecule has 0 unspecified atom stereocenters. The molecule has 0 atom stereocenters. The van der Waals surface area contributed by atoms with E-state index in [9.17, 15) is 0 Å². The third-order valence-corrected chi connectivity index (χ3v) is 7.08. The van der Waals surface area contributed by atoms with Gasteiger partial charge in [-0.05, 0) is 43.9 Å². The van der Waals surface area contributed by atoms with Crippen LogP contribution in [0.5, 0.6) is 0 Å². The first-order chi connectivity index (χ1) is 13.1. The average molecular weight is 390 g/mol. The maximum atomic E-state index is 6.61. The normalized spacial score (nSPS) is 23.0. The van der Waals surface area contributed by atoms with Gasteiger partial charge < -0.3 is 20.0 Å². The van der Waals surface area contributed by atoms with Crippen LogP contribution >= 0.6 is 11.6 Å². The summed E-state index contributed by atoms with van der Waals surface area (Å²) in [6.45, 7) is 7.28. The van der Waals surface area contributed by atoms with Crippen molar-refractivity contribution < 1.29 is 0 Å². The molecule has 1 spiro atoms. The van der Waals surface area contributed by atoms with E-state index in [4.69, 9.17) is 11.6 Å². The van der Waals surface area contributed by atoms with Gasteiger partial charge in [0.2, 0.25) is 0 Å². The number of anilines is 1. The van der Waals surface area contributed by atoms with Crippen LogP contribution in [-0.2, 0) is 6.54 Å². The SMILES string of the molecule is CN=C(NCc1c(Cl)cccc1N1CCN(C)CC1)N1CCC2(CCC2)C1. The largest absolute Gasteiger partial charge is 0.369 e. The molecular formula is C21H32ClN5. The smallest absolute Gasteiger partial charge is 0.193 e. The van der Waals surface area contributed by atoms with Crippen molar-refractivity contribution in [2.24, 2.45) is 10.4 Å². The van der Waals surface area contributed by atoms with Gasteiger partial charge in [-0.25, -0.2) is 0 Å². The molecule has 1 aromatic carbocycles. The number of benzene rings is 1. The van der Waals surface area contributed by atoms with E-state index in [0.717, 1.165) is 56.8 Å². The molecule has 0 bridgehead atoms. The van der Waals surface area contributed by atoms with Gasteiger partial charge in [0.1, 0.15) is 0 Å². The van der Waals surface area contributed by atoms with Gasteiger partial charge in [-0.15, -0.1) is 0 Å². The molecule has 1 saturated carbocycles. The molecular weight excluding hydrogens is 358 g/mol. The highest BCUT2D eigenvalue weighted by Crippen LogP contribution is 2.47. The summed E-state index contributed by atoms with van der Waals surface area (Å²) in [5.41, 5.74) is 3.02. The summed E-state index contributed by atoms with van der Waals surface area (Å²) < 4.78 is 0. The molecule has 2 saturated heterocycles. The van der Waals surface area contributed by atoms with Gasteiger partial charge in [0.05, 0.1) is 0 Å². The van der Waals surface area contributed by atoms with Crippen molar-refractivity contribution in [1.82, 2.24) is 15.1 Å². The highest BCUT2D eigenvalue weighted by Gasteiger charge is 2.43. The van der Waals surface area contributed by atoms with Gasteiger partial charge in [-0.1, -0.05) is 24.1 Å². The van der Waals surface area contributed by atoms with Crippen molar-refractivity contribution in [3.05, 3.63) is 28.8 Å². The average Bonchev–Trinajstić information content (AvgIpc) is 3.10. The number of hydrogen-bond donors (Lipinski definition) is 1. The minimum atomic E-state index is 0.576. The lowest BCUT2D eigenvalue weighted by molar-refractivity contribution is 0.151. The van der Waals surface area contributed by atoms with E-state index in [1.165, 1.54) is 36.9 Å². The van der Waals surface area contributed by atoms with E-state index in [0.29, 0.717) is 5.41 Å². The molecule has 0 amide bonds. The van der Waals surface area contributed by atoms with Crippen LogP contribution in [0.2, 0.25) is 5.02 Å². The Morgan fingerprint density at radius 1 is 1.15 bits per heavy atom. The Hall–Kier alpha value is -1.46. The van der Waals surface area contributed by atoms with Gasteiger partial charge in [-0.2, -0.15) is 0 Å². The fourth-order valence-electron chi connectivity index (χ4n) is 4.77. The molecule has 0 aromatic heterocycles. The van der Waals surface area contributed by atoms with Crippen molar-refractivity contribution in [3.63, 3.8) is 0 Å². The predicted octanol–water partition coefficient (Wildman–Crippen LogP) is 3.04. The Morgan fingerprint density at radius 3 is 2.56 bits per heavy atom. The summed E-state index contributed by atoms with van der Waals surface area (Å²) in [4.78, 5) is 11.8. The van der Waals surface area contributed by atoms with Crippen LogP contribution in [0.1, 0.15) is 31.2 Å². The number of nitrogens with zero attached hydrogens (tertiary/aromatic N) is 4. The van der Waals surface area contributed by atoms with Crippen LogP contribution in [0.3, 0.4) is 0 Å². The summed E-state index contributed by atoms with van der Waals surface area (Å²) in [7, 11) is 4.08. The first kappa shape index (κ1) is 18.9. The molecule has 1 N–H and O–H groups in total. The lowest BCUT2D eigenvalue weighted by Gasteiger charge is -2.38. The van der Waals surface area contributed by atoms with E-state index in [1.807, 2.05) is 13.1 Å². The fraction of sp³-hybridized carbons (Fsp3) is 0.667. The molecule has 0 radical (unpaired) electrons. The lowest BCUT2D eigenvalue weighted by Crippen LogP contribution is -2.45. The third kappa shape index (κ3) is 3.90. The van der Waals surface area contributed by atoms with E-state index >= 15 is 0 Å². The first-order valence-electron chi connectivity index (χ1n) is 10.3. The number of guanidine groups is 1. The number of likely N-dealkylation sites (tertiary alicyclic amines) is 1. The molecule has 148 valence electrons. The van der Waals surface area contributed by atoms with Gasteiger partial charge in [0, 0.05) is 69.1 Å². The maximum absolute atomic E-state index is 6.61. The number of halogens is 1. The summed E-state index contributed by atoms with van der Waals surface area (Å²) in [6.07, 6.45) is 5.48. The second kappa shape index (κ2) is 7.88. The molecule has 5 nitrogen and oxygen atoms in total. The van der Waals surface area contributed by atoms with Crippen LogP contribution in [0.4, 0.5) is 5.69 Å². The minimum Gasteiger partial charge on any atom is -0.369 e. The lowest BCUT2D eigenvalue weighted by atomic mass is 9.68. The van der Waals surface area contributed by atoms with Crippen LogP contribution in [0, 0.1) is 5.41 Å². The molecule has 6 heteroatoms. The molecule has 3 fully saturated rings. The zero-order valence-electron chi connectivity index (χ0n) is 16.7. The molecule has 27 heavy (non-hydrogen) atoms. The Kier molecular flexibility index (Phi) is 5.51. The Morgan fingerprint density at radius 2 is 1.93 bits per heavy atom. The van der Waals surface area contributed by atoms with Crippen LogP contribution in [0.25, 0.3) is 0 Å². The number of likely N-dealkylation sites (N-methyl/N-ethyl adjacent to an activating group) is 1. The third-order valence-electron chi connectivity index (χ3n) is 6.73. The van der Waals surface area contributed by atoms with Crippen LogP contribution in [-0.4, -0.2) is 69.1 Å². The standard InChI is InChI=1S/C21H32ClN5/c1-23-20(27-10-9-21(16-27)7-4-8-21)24-15-17-18(22)5-3-6-19(17)26-13-11-25(2)12-14-26/h3,5-6H,4,7-16H2,1-2H3,(H,23,24). The highest BCUT2D eigenvalue weighted by atomic mass is 35.5. The number of nitrogens with one attached hydrogen (secondary N) is 1. The second-order valence-corrected chi connectivity index (χ2v) is 8.86. The zero-order valence-corrected chi connectivity index (χ0v) is 17.4. The highest BCUT2D eigenvalue weighted by molar-refractivity contribution is 6.31. The number of rotatable bonds is 3. The molecule has 1 aromatic rings. The maximum Gasteiger partial charge on any atom is 0.193 e. The molecule has 2 aliphatic heterocycles. The minimum absolute atomic E-state index is 0.576. The van der Waals surface area contributed by atoms with Crippen molar-refractivity contribution in [2.45, 2.75) is 32.2 Å². The van der Waals surface area contributed by atoms with Crippen molar-refractivity contribution in [3.8, 4) is 0 Å². The quantitative estimate of drug-likeness (QED) is 0.636. The van der Waals surface area contributed by atoms with E-state index in [1.54, 1.807) is 0 Å². The number of aliphatic imine (C=N–C) groups is 1. The Labute approximate surface area is 168 Å². The summed E-state index contributed by atoms with van der Waals surface area (Å²) >= 11 is 6.61. The fourth-order valence-corrected chi connectivity index (χ4v) is 5.00. The number of piperazine rings is 1. The van der Waals surface area contributed by atoms with Crippen molar-refractivity contribution in [2.75, 3.05) is 58.3 Å². The van der Waals surface area contributed by atoms with Gasteiger partial charge in [0.25, 0.3) is 0 Å². The van der Waals surface area contributed by atoms with E-state index < -0.39 is 0 Å².